The first-order valence-corrected chi connectivity index (χ1v) is 8.47. The lowest BCUT2D eigenvalue weighted by Crippen LogP contribution is -2.36. The summed E-state index contributed by atoms with van der Waals surface area (Å²) >= 11 is 0. The lowest BCUT2D eigenvalue weighted by Gasteiger charge is -2.31. The maximum Gasteiger partial charge on any atom is 0.188 e. The first kappa shape index (κ1) is 15.7. The van der Waals surface area contributed by atoms with Crippen LogP contribution in [0.25, 0.3) is 17.3 Å². The minimum absolute atomic E-state index is 0.242. The van der Waals surface area contributed by atoms with Gasteiger partial charge >= 0.3 is 0 Å². The summed E-state index contributed by atoms with van der Waals surface area (Å²) in [6.45, 7) is 2.55. The fourth-order valence-electron chi connectivity index (χ4n) is 3.08. The smallest absolute Gasteiger partial charge is 0.188 e. The minimum atomic E-state index is 0.242. The molecule has 3 aromatic heterocycles. The Kier molecular flexibility index (Phi) is 4.15. The predicted molar refractivity (Wildman–Crippen MR) is 93.5 cm³/mol. The van der Waals surface area contributed by atoms with Crippen LogP contribution in [0, 0.1) is 0 Å². The molecule has 0 radical (unpaired) electrons. The Labute approximate surface area is 145 Å². The van der Waals surface area contributed by atoms with E-state index in [1.807, 2.05) is 41.8 Å². The Morgan fingerprint density at radius 1 is 1.16 bits per heavy atom. The van der Waals surface area contributed by atoms with Crippen molar-refractivity contribution in [3.8, 4) is 23.1 Å². The maximum atomic E-state index is 5.96. The van der Waals surface area contributed by atoms with Crippen molar-refractivity contribution in [2.45, 2.75) is 31.7 Å². The van der Waals surface area contributed by atoms with Gasteiger partial charge in [0.15, 0.2) is 5.82 Å². The Morgan fingerprint density at radius 3 is 2.68 bits per heavy atom. The van der Waals surface area contributed by atoms with Gasteiger partial charge in [-0.05, 0) is 44.0 Å². The molecular formula is C18H20N6O. The second kappa shape index (κ2) is 6.60. The van der Waals surface area contributed by atoms with Gasteiger partial charge in [0.1, 0.15) is 23.1 Å². The summed E-state index contributed by atoms with van der Waals surface area (Å²) in [4.78, 5) is 8.96. The van der Waals surface area contributed by atoms with Gasteiger partial charge in [0.25, 0.3) is 0 Å². The van der Waals surface area contributed by atoms with E-state index in [4.69, 9.17) is 10.5 Å². The van der Waals surface area contributed by atoms with Crippen LogP contribution in [0.1, 0.15) is 31.5 Å². The normalized spacial score (nSPS) is 19.4. The largest absolute Gasteiger partial charge is 0.492 e. The molecule has 0 bridgehead atoms. The molecule has 3 aromatic rings. The zero-order valence-corrected chi connectivity index (χ0v) is 14.0. The maximum absolute atomic E-state index is 5.96. The molecule has 0 aromatic carbocycles. The van der Waals surface area contributed by atoms with Crippen LogP contribution in [-0.2, 0) is 0 Å². The average Bonchev–Trinajstić information content (AvgIpc) is 3.05. The highest BCUT2D eigenvalue weighted by atomic mass is 16.5. The number of ether oxygens (including phenoxy) is 1. The van der Waals surface area contributed by atoms with Crippen LogP contribution in [0.4, 0.5) is 0 Å². The van der Waals surface area contributed by atoms with Gasteiger partial charge in [0.05, 0.1) is 12.8 Å². The first-order chi connectivity index (χ1) is 12.3. The van der Waals surface area contributed by atoms with Gasteiger partial charge in [-0.25, -0.2) is 9.97 Å². The van der Waals surface area contributed by atoms with Crippen LogP contribution in [0.5, 0.6) is 5.75 Å². The first-order valence-electron chi connectivity index (χ1n) is 8.47. The molecular weight excluding hydrogens is 316 g/mol. The number of rotatable bonds is 5. The molecule has 1 aliphatic rings. The molecule has 2 N–H and O–H groups in total. The Bertz CT molecular complexity index is 840. The van der Waals surface area contributed by atoms with E-state index in [1.54, 1.807) is 12.4 Å². The van der Waals surface area contributed by atoms with Crippen LogP contribution in [-0.4, -0.2) is 37.4 Å². The zero-order valence-electron chi connectivity index (χ0n) is 14.0. The van der Waals surface area contributed by atoms with E-state index in [0.29, 0.717) is 18.3 Å². The summed E-state index contributed by atoms with van der Waals surface area (Å²) in [7, 11) is 0. The molecule has 0 aliphatic heterocycles. The van der Waals surface area contributed by atoms with Crippen LogP contribution in [0.15, 0.2) is 42.7 Å². The highest BCUT2D eigenvalue weighted by Crippen LogP contribution is 2.37. The van der Waals surface area contributed by atoms with Crippen molar-refractivity contribution in [1.82, 2.24) is 24.7 Å². The van der Waals surface area contributed by atoms with Gasteiger partial charge in [-0.3, -0.25) is 4.57 Å². The van der Waals surface area contributed by atoms with E-state index in [0.717, 1.165) is 35.9 Å². The van der Waals surface area contributed by atoms with Gasteiger partial charge in [-0.1, -0.05) is 6.07 Å². The minimum Gasteiger partial charge on any atom is -0.492 e. The number of hydrogen-bond acceptors (Lipinski definition) is 6. The van der Waals surface area contributed by atoms with Crippen molar-refractivity contribution in [3.05, 3.63) is 48.5 Å². The Balaban J connectivity index is 1.77. The van der Waals surface area contributed by atoms with Gasteiger partial charge in [0, 0.05) is 18.2 Å². The lowest BCUT2D eigenvalue weighted by atomic mass is 9.80. The van der Waals surface area contributed by atoms with E-state index in [1.165, 1.54) is 0 Å². The van der Waals surface area contributed by atoms with E-state index in [9.17, 15) is 0 Å². The number of nitrogens with two attached hydrogens (primary N) is 1. The third-order valence-corrected chi connectivity index (χ3v) is 4.38. The molecule has 3 heterocycles. The third kappa shape index (κ3) is 2.98. The van der Waals surface area contributed by atoms with E-state index >= 15 is 0 Å². The van der Waals surface area contributed by atoms with Gasteiger partial charge < -0.3 is 10.5 Å². The van der Waals surface area contributed by atoms with E-state index < -0.39 is 0 Å². The van der Waals surface area contributed by atoms with Crippen LogP contribution < -0.4 is 10.5 Å². The van der Waals surface area contributed by atoms with Crippen molar-refractivity contribution >= 4 is 0 Å². The Hall–Kier alpha value is -2.80. The quantitative estimate of drug-likeness (QED) is 0.769. The van der Waals surface area contributed by atoms with E-state index in [-0.39, 0.29) is 6.04 Å². The summed E-state index contributed by atoms with van der Waals surface area (Å²) in [5.41, 5.74) is 6.69. The molecule has 4 rings (SSSR count). The second-order valence-corrected chi connectivity index (χ2v) is 6.15. The molecule has 25 heavy (non-hydrogen) atoms. The number of nitrogens with zero attached hydrogens (tertiary/aromatic N) is 5. The molecule has 128 valence electrons. The summed E-state index contributed by atoms with van der Waals surface area (Å²) in [5.74, 6) is 3.40. The average molecular weight is 336 g/mol. The topological polar surface area (TPSA) is 91.7 Å². The molecule has 0 atom stereocenters. The standard InChI is InChI=1S/C18H20N6O/c1-2-25-14-6-7-15(21-11-14)18-23-22-17(12-9-13(19)10-12)24(18)16-5-3-4-8-20-16/h3-8,11-13H,2,9-10,19H2,1H3. The van der Waals surface area contributed by atoms with Gasteiger partial charge in [0.2, 0.25) is 0 Å². The fourth-order valence-corrected chi connectivity index (χ4v) is 3.08. The van der Waals surface area contributed by atoms with E-state index in [2.05, 4.69) is 20.2 Å². The van der Waals surface area contributed by atoms with Crippen LogP contribution in [0.3, 0.4) is 0 Å². The Morgan fingerprint density at radius 2 is 2.04 bits per heavy atom. The summed E-state index contributed by atoms with van der Waals surface area (Å²) in [6, 6.07) is 9.82. The second-order valence-electron chi connectivity index (χ2n) is 6.15. The monoisotopic (exact) mass is 336 g/mol. The number of hydrogen-bond donors (Lipinski definition) is 1. The molecule has 1 saturated carbocycles. The molecule has 0 spiro atoms. The third-order valence-electron chi connectivity index (χ3n) is 4.38. The van der Waals surface area contributed by atoms with Crippen molar-refractivity contribution < 1.29 is 4.74 Å². The van der Waals surface area contributed by atoms with Crippen molar-refractivity contribution in [2.24, 2.45) is 5.73 Å². The number of pyridine rings is 2. The van der Waals surface area contributed by atoms with Gasteiger partial charge in [-0.2, -0.15) is 0 Å². The molecule has 1 aliphatic carbocycles. The molecule has 7 nitrogen and oxygen atoms in total. The predicted octanol–water partition coefficient (Wildman–Crippen LogP) is 2.33. The number of aromatic nitrogens is 5. The molecule has 0 unspecified atom stereocenters. The summed E-state index contributed by atoms with van der Waals surface area (Å²) < 4.78 is 7.45. The zero-order chi connectivity index (χ0) is 17.2. The highest BCUT2D eigenvalue weighted by Gasteiger charge is 2.33. The molecule has 0 amide bonds. The summed E-state index contributed by atoms with van der Waals surface area (Å²) in [6.07, 6.45) is 5.31. The van der Waals surface area contributed by atoms with Crippen molar-refractivity contribution in [1.29, 1.82) is 0 Å². The fraction of sp³-hybridized carbons (Fsp3) is 0.333. The molecule has 0 saturated heterocycles. The summed E-state index contributed by atoms with van der Waals surface area (Å²) in [5, 5.41) is 8.83. The SMILES string of the molecule is CCOc1ccc(-c2nnc(C3CC(N)C3)n2-c2ccccn2)nc1. The molecule has 7 heteroatoms. The molecule has 1 fully saturated rings. The lowest BCUT2D eigenvalue weighted by molar-refractivity contribution is 0.334. The highest BCUT2D eigenvalue weighted by molar-refractivity contribution is 5.54. The van der Waals surface area contributed by atoms with Crippen LogP contribution >= 0.6 is 0 Å². The van der Waals surface area contributed by atoms with Gasteiger partial charge in [-0.15, -0.1) is 10.2 Å². The van der Waals surface area contributed by atoms with Crippen molar-refractivity contribution in [3.63, 3.8) is 0 Å². The van der Waals surface area contributed by atoms with Crippen LogP contribution in [0.2, 0.25) is 0 Å². The van der Waals surface area contributed by atoms with Crippen molar-refractivity contribution in [2.75, 3.05) is 6.61 Å².